The molecule has 0 radical (unpaired) electrons. The first-order chi connectivity index (χ1) is 18.6. The molecule has 5 aromatic rings. The van der Waals surface area contributed by atoms with E-state index in [9.17, 15) is 18.4 Å². The van der Waals surface area contributed by atoms with Crippen LogP contribution in [0.3, 0.4) is 0 Å². The maximum absolute atomic E-state index is 13.6. The summed E-state index contributed by atoms with van der Waals surface area (Å²) in [5.74, 6) is -1.09. The maximum atomic E-state index is 13.6. The molecule has 8 nitrogen and oxygen atoms in total. The van der Waals surface area contributed by atoms with Crippen LogP contribution in [0.5, 0.6) is 5.75 Å². The number of alkyl halides is 2. The van der Waals surface area contributed by atoms with E-state index in [0.717, 1.165) is 17.4 Å². The third-order valence-corrected chi connectivity index (χ3v) is 7.24. The summed E-state index contributed by atoms with van der Waals surface area (Å²) in [6, 6.07) is 10.1. The van der Waals surface area contributed by atoms with Crippen LogP contribution in [-0.4, -0.2) is 16.8 Å². The normalized spacial score (nSPS) is 11.3. The van der Waals surface area contributed by atoms with Gasteiger partial charge >= 0.3 is 0 Å². The molecule has 0 unspecified atom stereocenters. The van der Waals surface area contributed by atoms with Gasteiger partial charge < -0.3 is 24.6 Å². The fraction of sp³-hybridized carbons (Fsp3) is 0.0800. The lowest BCUT2D eigenvalue weighted by atomic mass is 10.1. The first-order valence-electron chi connectivity index (χ1n) is 10.9. The van der Waals surface area contributed by atoms with E-state index < -0.39 is 23.9 Å². The van der Waals surface area contributed by atoms with Gasteiger partial charge in [0.15, 0.2) is 11.5 Å². The van der Waals surface area contributed by atoms with E-state index in [4.69, 9.17) is 54.1 Å². The summed E-state index contributed by atoms with van der Waals surface area (Å²) in [5.41, 5.74) is 5.20. The van der Waals surface area contributed by atoms with Crippen molar-refractivity contribution >= 4 is 73.9 Å². The number of halogens is 5. The maximum Gasteiger partial charge on any atom is 0.291 e. The lowest BCUT2D eigenvalue weighted by Crippen LogP contribution is -2.16. The molecule has 0 bridgehead atoms. The molecule has 0 aliphatic carbocycles. The third-order valence-electron chi connectivity index (χ3n) is 5.36. The molecule has 39 heavy (non-hydrogen) atoms. The highest BCUT2D eigenvalue weighted by Gasteiger charge is 2.26. The first-order valence-corrected chi connectivity index (χ1v) is 12.8. The number of hydrogen-bond acceptors (Lipinski definition) is 7. The van der Waals surface area contributed by atoms with Crippen LogP contribution < -0.4 is 15.8 Å². The molecule has 0 spiro atoms. The largest absolute Gasteiger partial charge is 0.483 e. The van der Waals surface area contributed by atoms with Crippen LogP contribution in [0.2, 0.25) is 15.1 Å². The summed E-state index contributed by atoms with van der Waals surface area (Å²) < 4.78 is 43.7. The summed E-state index contributed by atoms with van der Waals surface area (Å²) in [6.45, 7) is -0.120. The van der Waals surface area contributed by atoms with E-state index in [-0.39, 0.29) is 66.0 Å². The van der Waals surface area contributed by atoms with Crippen LogP contribution in [-0.2, 0) is 6.61 Å². The number of aromatic nitrogens is 1. The minimum absolute atomic E-state index is 0.0128. The molecular formula is C25H14Cl3F2N3O5S. The van der Waals surface area contributed by atoms with Gasteiger partial charge in [-0.1, -0.05) is 34.8 Å². The Bertz CT molecular complexity index is 1700. The number of primary amides is 1. The number of rotatable bonds is 8. The number of nitrogens with two attached hydrogens (primary N) is 1. The molecule has 14 heteroatoms. The molecule has 0 fully saturated rings. The Labute approximate surface area is 237 Å². The molecule has 1 aromatic carbocycles. The topological polar surface area (TPSA) is 121 Å². The molecule has 4 heterocycles. The van der Waals surface area contributed by atoms with Gasteiger partial charge in [-0.2, -0.15) is 0 Å². The number of amides is 2. The number of carbonyl (C=O) groups is 2. The van der Waals surface area contributed by atoms with E-state index in [1.54, 1.807) is 12.1 Å². The van der Waals surface area contributed by atoms with Crippen molar-refractivity contribution in [3.05, 3.63) is 85.9 Å². The molecule has 0 saturated heterocycles. The van der Waals surface area contributed by atoms with Gasteiger partial charge in [-0.05, 0) is 42.5 Å². The summed E-state index contributed by atoms with van der Waals surface area (Å²) in [7, 11) is 0. The van der Waals surface area contributed by atoms with Crippen molar-refractivity contribution in [2.45, 2.75) is 13.0 Å². The number of nitrogens with one attached hydrogen (secondary N) is 1. The van der Waals surface area contributed by atoms with Crippen molar-refractivity contribution in [1.29, 1.82) is 0 Å². The van der Waals surface area contributed by atoms with Crippen LogP contribution in [0.25, 0.3) is 21.5 Å². The Kier molecular flexibility index (Phi) is 7.50. The highest BCUT2D eigenvalue weighted by Crippen LogP contribution is 2.43. The molecule has 4 aromatic heterocycles. The van der Waals surface area contributed by atoms with Gasteiger partial charge in [0.25, 0.3) is 18.2 Å². The number of furan rings is 2. The van der Waals surface area contributed by atoms with E-state index in [0.29, 0.717) is 5.02 Å². The quantitative estimate of drug-likeness (QED) is 0.183. The number of ether oxygens (including phenoxy) is 1. The van der Waals surface area contributed by atoms with Crippen molar-refractivity contribution in [3.8, 4) is 17.1 Å². The molecule has 5 rings (SSSR count). The number of anilines is 1. The monoisotopic (exact) mass is 611 g/mol. The zero-order valence-electron chi connectivity index (χ0n) is 19.3. The highest BCUT2D eigenvalue weighted by molar-refractivity contribution is 7.21. The van der Waals surface area contributed by atoms with Gasteiger partial charge in [0, 0.05) is 16.0 Å². The van der Waals surface area contributed by atoms with Gasteiger partial charge in [-0.3, -0.25) is 9.59 Å². The van der Waals surface area contributed by atoms with Crippen LogP contribution in [0, 0.1) is 0 Å². The predicted octanol–water partition coefficient (Wildman–Crippen LogP) is 7.98. The highest BCUT2D eigenvalue weighted by atomic mass is 35.5. The predicted molar refractivity (Wildman–Crippen MR) is 143 cm³/mol. The van der Waals surface area contributed by atoms with Crippen LogP contribution >= 0.6 is 46.1 Å². The smallest absolute Gasteiger partial charge is 0.291 e. The fourth-order valence-electron chi connectivity index (χ4n) is 3.71. The minimum atomic E-state index is -2.89. The second kappa shape index (κ2) is 10.9. The van der Waals surface area contributed by atoms with Crippen LogP contribution in [0.1, 0.15) is 38.1 Å². The number of fused-ring (bicyclic) bond motifs is 1. The number of hydrogen-bond donors (Lipinski definition) is 2. The molecule has 0 aliphatic heterocycles. The number of nitrogens with zero attached hydrogens (tertiary/aromatic N) is 1. The van der Waals surface area contributed by atoms with Gasteiger partial charge in [0.1, 0.15) is 33.5 Å². The minimum Gasteiger partial charge on any atom is -0.483 e. The fourth-order valence-corrected chi connectivity index (χ4v) is 5.65. The summed E-state index contributed by atoms with van der Waals surface area (Å²) >= 11 is 18.9. The van der Waals surface area contributed by atoms with Crippen LogP contribution in [0.15, 0.2) is 57.6 Å². The van der Waals surface area contributed by atoms with Crippen molar-refractivity contribution in [1.82, 2.24) is 4.98 Å². The van der Waals surface area contributed by atoms with Gasteiger partial charge in [-0.15, -0.1) is 11.3 Å². The summed E-state index contributed by atoms with van der Waals surface area (Å²) in [4.78, 5) is 29.3. The second-order valence-electron chi connectivity index (χ2n) is 7.93. The number of carbonyl (C=O) groups excluding carboxylic acids is 2. The summed E-state index contributed by atoms with van der Waals surface area (Å²) in [6.07, 6.45) is -1.53. The number of pyridine rings is 1. The zero-order valence-corrected chi connectivity index (χ0v) is 22.4. The molecule has 2 amide bonds. The lowest BCUT2D eigenvalue weighted by molar-refractivity contribution is 0.0992. The lowest BCUT2D eigenvalue weighted by Gasteiger charge is -2.09. The summed E-state index contributed by atoms with van der Waals surface area (Å²) in [5, 5.41) is 3.53. The zero-order chi connectivity index (χ0) is 27.8. The van der Waals surface area contributed by atoms with E-state index >= 15 is 0 Å². The Hall–Kier alpha value is -3.64. The van der Waals surface area contributed by atoms with Crippen molar-refractivity contribution in [3.63, 3.8) is 0 Å². The average molecular weight is 613 g/mol. The van der Waals surface area contributed by atoms with E-state index in [1.165, 1.54) is 30.5 Å². The Morgan fingerprint density at radius 3 is 2.51 bits per heavy atom. The van der Waals surface area contributed by atoms with Gasteiger partial charge in [0.05, 0.1) is 22.0 Å². The van der Waals surface area contributed by atoms with Crippen molar-refractivity contribution < 1.29 is 31.9 Å². The second-order valence-corrected chi connectivity index (χ2v) is 10.2. The standard InChI is InChI=1S/C25H14Cl3F2N3O5S/c26-10-6-13(27)20(14(28)7-10)37-9-11-3-4-17(38-11)24(35)33-19-18-12(16-2-1-5-36-16)8-15(22(29)30)32-25(18)39-21(19)23(31)34/h1-8,22H,9H2,(H2,31,34)(H,33,35). The Morgan fingerprint density at radius 2 is 1.87 bits per heavy atom. The Balaban J connectivity index is 1.46. The SMILES string of the molecule is NC(=O)c1sc2nc(C(F)F)cc(-c3ccco3)c2c1NC(=O)c1ccc(COc2c(Cl)cc(Cl)cc2Cl)o1. The van der Waals surface area contributed by atoms with E-state index in [2.05, 4.69) is 10.3 Å². The van der Waals surface area contributed by atoms with Crippen molar-refractivity contribution in [2.75, 3.05) is 5.32 Å². The third kappa shape index (κ3) is 5.44. The molecule has 0 saturated carbocycles. The average Bonchev–Trinajstić information content (AvgIpc) is 3.63. The number of thiophene rings is 1. The van der Waals surface area contributed by atoms with Gasteiger partial charge in [-0.25, -0.2) is 13.8 Å². The Morgan fingerprint density at radius 1 is 1.13 bits per heavy atom. The van der Waals surface area contributed by atoms with E-state index in [1.807, 2.05) is 0 Å². The van der Waals surface area contributed by atoms with Crippen LogP contribution in [0.4, 0.5) is 14.5 Å². The molecular weight excluding hydrogens is 599 g/mol. The van der Waals surface area contributed by atoms with Crippen molar-refractivity contribution in [2.24, 2.45) is 5.73 Å². The van der Waals surface area contributed by atoms with Gasteiger partial charge in [0.2, 0.25) is 0 Å². The molecule has 200 valence electrons. The molecule has 0 atom stereocenters. The molecule has 3 N–H and O–H groups in total. The number of benzene rings is 1. The molecule has 0 aliphatic rings. The first kappa shape index (κ1) is 26.9.